The molecule has 1 aromatic rings. The van der Waals surface area contributed by atoms with Crippen LogP contribution in [0.4, 0.5) is 0 Å². The van der Waals surface area contributed by atoms with E-state index in [1.165, 1.54) is 18.2 Å². The number of benzene rings is 1. The third-order valence-corrected chi connectivity index (χ3v) is 3.28. The standard InChI is InChI=1S/C15H20ClNO4.C2H6O.2Na/c16-11-7-8-13(18)12(10-11)15(21)17-9-5-3-1-2-4-6-14(19)20;1-2-3;;/h7-8,10,18H,1-6,9H2,(H,17,21)(H,19,20);3H,2H2,1H3;;/q;;2*+1/p-1. The Morgan fingerprint density at radius 3 is 2.23 bits per heavy atom. The minimum Gasteiger partial charge on any atom is -0.550 e. The third-order valence-electron chi connectivity index (χ3n) is 3.05. The number of phenolic OH excluding ortho intramolecular Hbond substituents is 1. The first-order chi connectivity index (χ1) is 11.4. The molecule has 136 valence electrons. The monoisotopic (exact) mass is 404 g/mol. The predicted octanol–water partition coefficient (Wildman–Crippen LogP) is -4.13. The van der Waals surface area contributed by atoms with Gasteiger partial charge < -0.3 is 25.4 Å². The largest absolute Gasteiger partial charge is 1.00 e. The number of hydrogen-bond acceptors (Lipinski definition) is 5. The number of carbonyl (C=O) groups is 2. The van der Waals surface area contributed by atoms with Crippen LogP contribution in [-0.2, 0) is 4.79 Å². The molecule has 0 saturated carbocycles. The number of amides is 1. The van der Waals surface area contributed by atoms with Gasteiger partial charge in [-0.2, -0.15) is 0 Å². The Morgan fingerprint density at radius 2 is 1.65 bits per heavy atom. The molecule has 0 aromatic heterocycles. The van der Waals surface area contributed by atoms with Gasteiger partial charge in [0, 0.05) is 24.1 Å². The molecule has 0 aliphatic carbocycles. The summed E-state index contributed by atoms with van der Waals surface area (Å²) in [5, 5.41) is 30.5. The summed E-state index contributed by atoms with van der Waals surface area (Å²) in [6.07, 6.45) is 4.21. The zero-order valence-corrected chi connectivity index (χ0v) is 20.6. The van der Waals surface area contributed by atoms with Crippen LogP contribution in [0.1, 0.15) is 55.8 Å². The summed E-state index contributed by atoms with van der Waals surface area (Å²) >= 11 is 5.78. The molecule has 0 aliphatic rings. The number of aliphatic carboxylic acids is 1. The van der Waals surface area contributed by atoms with Crippen LogP contribution in [0.25, 0.3) is 0 Å². The SMILES string of the molecule is CCO.O=C([O-])CCCCCCCNC(=O)c1cc(Cl)ccc1O.[Na+].[Na+]. The zero-order chi connectivity index (χ0) is 18.4. The number of carbonyl (C=O) groups excluding carboxylic acids is 2. The van der Waals surface area contributed by atoms with E-state index in [0.29, 0.717) is 18.0 Å². The maximum Gasteiger partial charge on any atom is 1.00 e. The van der Waals surface area contributed by atoms with E-state index in [2.05, 4.69) is 5.32 Å². The van der Waals surface area contributed by atoms with E-state index in [0.717, 1.165) is 25.7 Å². The second-order valence-corrected chi connectivity index (χ2v) is 5.56. The predicted molar refractivity (Wildman–Crippen MR) is 90.9 cm³/mol. The molecular weight excluding hydrogens is 380 g/mol. The van der Waals surface area contributed by atoms with Crippen LogP contribution < -0.4 is 69.5 Å². The molecule has 1 amide bonds. The molecule has 26 heavy (non-hydrogen) atoms. The number of halogens is 1. The van der Waals surface area contributed by atoms with E-state index in [4.69, 9.17) is 16.7 Å². The number of carboxylic acid groups (broad SMARTS) is 1. The van der Waals surface area contributed by atoms with Gasteiger partial charge in [-0.1, -0.05) is 30.9 Å². The van der Waals surface area contributed by atoms with Gasteiger partial charge in [-0.3, -0.25) is 4.79 Å². The molecule has 0 fully saturated rings. The molecule has 0 bridgehead atoms. The first-order valence-corrected chi connectivity index (χ1v) is 8.37. The van der Waals surface area contributed by atoms with Gasteiger partial charge in [0.2, 0.25) is 0 Å². The molecule has 6 nitrogen and oxygen atoms in total. The second kappa shape index (κ2) is 20.0. The fourth-order valence-electron chi connectivity index (χ4n) is 1.91. The van der Waals surface area contributed by atoms with Crippen molar-refractivity contribution in [3.63, 3.8) is 0 Å². The Balaban J connectivity index is -0.000000986. The van der Waals surface area contributed by atoms with Crippen molar-refractivity contribution in [2.45, 2.75) is 45.4 Å². The number of nitrogens with one attached hydrogen (secondary N) is 1. The minimum atomic E-state index is -1.01. The van der Waals surface area contributed by atoms with E-state index < -0.39 is 5.97 Å². The van der Waals surface area contributed by atoms with E-state index in [1.54, 1.807) is 6.92 Å². The molecular formula is C17H25ClNNa2O5+. The summed E-state index contributed by atoms with van der Waals surface area (Å²) < 4.78 is 0. The van der Waals surface area contributed by atoms with E-state index >= 15 is 0 Å². The minimum absolute atomic E-state index is 0. The summed E-state index contributed by atoms with van der Waals surface area (Å²) in [5.74, 6) is -1.46. The van der Waals surface area contributed by atoms with E-state index in [1.807, 2.05) is 0 Å². The van der Waals surface area contributed by atoms with Gasteiger partial charge in [-0.25, -0.2) is 0 Å². The number of aliphatic hydroxyl groups excluding tert-OH is 1. The average Bonchev–Trinajstić information content (AvgIpc) is 2.52. The Labute approximate surface area is 204 Å². The molecule has 0 aliphatic heterocycles. The normalized spacial score (nSPS) is 9.04. The van der Waals surface area contributed by atoms with Crippen molar-refractivity contribution in [3.05, 3.63) is 28.8 Å². The number of carboxylic acids is 1. The topological polar surface area (TPSA) is 110 Å². The van der Waals surface area contributed by atoms with Crippen molar-refractivity contribution < 1.29 is 84.0 Å². The van der Waals surface area contributed by atoms with Crippen LogP contribution >= 0.6 is 11.6 Å². The maximum absolute atomic E-state index is 11.8. The van der Waals surface area contributed by atoms with Gasteiger partial charge in [-0.15, -0.1) is 0 Å². The molecule has 0 spiro atoms. The smallest absolute Gasteiger partial charge is 0.550 e. The zero-order valence-electron chi connectivity index (χ0n) is 15.9. The number of rotatable bonds is 9. The fraction of sp³-hybridized carbons (Fsp3) is 0.529. The second-order valence-electron chi connectivity index (χ2n) is 5.12. The molecule has 0 atom stereocenters. The molecule has 0 saturated heterocycles. The third kappa shape index (κ3) is 16.4. The quantitative estimate of drug-likeness (QED) is 0.286. The summed E-state index contributed by atoms with van der Waals surface area (Å²) in [6, 6.07) is 4.32. The van der Waals surface area contributed by atoms with Crippen LogP contribution in [0, 0.1) is 0 Å². The Bertz CT molecular complexity index is 518. The first kappa shape index (κ1) is 30.9. The molecule has 3 N–H and O–H groups in total. The maximum atomic E-state index is 11.8. The number of phenols is 1. The van der Waals surface area contributed by atoms with Gasteiger partial charge in [0.15, 0.2) is 0 Å². The van der Waals surface area contributed by atoms with Crippen molar-refractivity contribution in [2.24, 2.45) is 0 Å². The summed E-state index contributed by atoms with van der Waals surface area (Å²) in [7, 11) is 0. The number of aromatic hydroxyl groups is 1. The summed E-state index contributed by atoms with van der Waals surface area (Å²) in [5.41, 5.74) is 0.163. The van der Waals surface area contributed by atoms with Gasteiger partial charge in [0.05, 0.1) is 5.56 Å². The van der Waals surface area contributed by atoms with Crippen LogP contribution in [0.3, 0.4) is 0 Å². The molecule has 0 unspecified atom stereocenters. The van der Waals surface area contributed by atoms with Gasteiger partial charge in [-0.05, 0) is 44.4 Å². The molecule has 1 rings (SSSR count). The van der Waals surface area contributed by atoms with Gasteiger partial charge in [0.1, 0.15) is 5.75 Å². The van der Waals surface area contributed by atoms with E-state index in [9.17, 15) is 19.8 Å². The summed E-state index contributed by atoms with van der Waals surface area (Å²) in [4.78, 5) is 22.0. The molecule has 1 aromatic carbocycles. The van der Waals surface area contributed by atoms with Crippen LogP contribution in [0.5, 0.6) is 5.75 Å². The van der Waals surface area contributed by atoms with E-state index in [-0.39, 0.29) is 89.4 Å². The fourth-order valence-corrected chi connectivity index (χ4v) is 2.08. The van der Waals surface area contributed by atoms with Crippen molar-refractivity contribution in [2.75, 3.05) is 13.2 Å². The number of aliphatic hydroxyl groups is 1. The number of hydrogen-bond donors (Lipinski definition) is 3. The molecule has 0 radical (unpaired) electrons. The molecule has 9 heteroatoms. The van der Waals surface area contributed by atoms with Crippen molar-refractivity contribution >= 4 is 23.5 Å². The van der Waals surface area contributed by atoms with Crippen LogP contribution in [0.15, 0.2) is 18.2 Å². The Kier molecular flexibility index (Phi) is 23.7. The Morgan fingerprint density at radius 1 is 1.12 bits per heavy atom. The Hall–Kier alpha value is 0.210. The van der Waals surface area contributed by atoms with Crippen LogP contribution in [-0.4, -0.2) is 35.2 Å². The number of unbranched alkanes of at least 4 members (excludes halogenated alkanes) is 4. The summed E-state index contributed by atoms with van der Waals surface area (Å²) in [6.45, 7) is 2.44. The van der Waals surface area contributed by atoms with Crippen LogP contribution in [0.2, 0.25) is 5.02 Å². The van der Waals surface area contributed by atoms with Gasteiger partial charge in [0.25, 0.3) is 5.91 Å². The van der Waals surface area contributed by atoms with Gasteiger partial charge >= 0.3 is 59.1 Å². The average molecular weight is 405 g/mol. The van der Waals surface area contributed by atoms with Crippen molar-refractivity contribution in [1.29, 1.82) is 0 Å². The van der Waals surface area contributed by atoms with Crippen molar-refractivity contribution in [3.8, 4) is 5.75 Å². The van der Waals surface area contributed by atoms with Crippen molar-refractivity contribution in [1.82, 2.24) is 5.32 Å². The first-order valence-electron chi connectivity index (χ1n) is 7.99. The molecule has 0 heterocycles.